The molecular formula is C41H66N12O13. The van der Waals surface area contributed by atoms with Gasteiger partial charge in [-0.3, -0.25) is 53.4 Å². The Labute approximate surface area is 381 Å². The van der Waals surface area contributed by atoms with E-state index in [1.165, 1.54) is 0 Å². The van der Waals surface area contributed by atoms with E-state index in [0.29, 0.717) is 5.56 Å². The Morgan fingerprint density at radius 3 is 1.56 bits per heavy atom. The molecule has 18 N–H and O–H groups in total. The molecule has 1 aromatic rings. The number of carbonyl (C=O) groups is 10. The minimum absolute atomic E-state index is 0.0271. The Balaban J connectivity index is 3.52. The van der Waals surface area contributed by atoms with Crippen LogP contribution >= 0.6 is 0 Å². The minimum atomic E-state index is -1.93. The molecule has 25 nitrogen and oxygen atoms in total. The van der Waals surface area contributed by atoms with Crippen LogP contribution < -0.4 is 59.7 Å². The van der Waals surface area contributed by atoms with Crippen LogP contribution in [0.25, 0.3) is 0 Å². The zero-order valence-electron chi connectivity index (χ0n) is 37.7. The average molecular weight is 935 g/mol. The monoisotopic (exact) mass is 934 g/mol. The molecule has 0 saturated carbocycles. The summed E-state index contributed by atoms with van der Waals surface area (Å²) in [6.45, 7) is 7.47. The maximum atomic E-state index is 14.1. The Bertz CT molecular complexity index is 1870. The zero-order chi connectivity index (χ0) is 50.3. The van der Waals surface area contributed by atoms with Crippen molar-refractivity contribution < 1.29 is 63.3 Å². The van der Waals surface area contributed by atoms with Gasteiger partial charge in [0.2, 0.25) is 47.3 Å². The van der Waals surface area contributed by atoms with Gasteiger partial charge >= 0.3 is 11.9 Å². The van der Waals surface area contributed by atoms with Crippen LogP contribution in [-0.2, 0) is 54.4 Å². The van der Waals surface area contributed by atoms with Crippen molar-refractivity contribution in [3.05, 3.63) is 35.9 Å². The van der Waals surface area contributed by atoms with E-state index in [-0.39, 0.29) is 56.4 Å². The summed E-state index contributed by atoms with van der Waals surface area (Å²) in [6.07, 6.45) is -1.83. The highest BCUT2D eigenvalue weighted by atomic mass is 16.4. The van der Waals surface area contributed by atoms with Gasteiger partial charge in [-0.05, 0) is 50.0 Å². The largest absolute Gasteiger partial charge is 0.481 e. The fraction of sp³-hybridized carbons (Fsp3) is 0.585. The third-order valence-electron chi connectivity index (χ3n) is 9.53. The Morgan fingerprint density at radius 1 is 0.591 bits per heavy atom. The SMILES string of the molecule is CC(C)C[C@H](NC(=O)[C@H](CCCNC(=N)N)NC(=O)[C@H](CO)NC(=O)[C@@H](N)CC(C)C)C(=O)N[C@@H](Cc1ccccc1)C(=O)N[C@@H](CC(=O)O)C(=O)N[C@@H](CC(N)=O)C(=O)N[C@@H](C)C(=O)O. The van der Waals surface area contributed by atoms with Crippen LogP contribution in [-0.4, -0.2) is 142 Å². The number of guanidine groups is 1. The van der Waals surface area contributed by atoms with Crippen molar-refractivity contribution >= 4 is 65.2 Å². The van der Waals surface area contributed by atoms with Gasteiger partial charge in [-0.15, -0.1) is 0 Å². The number of aliphatic hydroxyl groups is 1. The van der Waals surface area contributed by atoms with Crippen LogP contribution in [0.5, 0.6) is 0 Å². The smallest absolute Gasteiger partial charge is 0.325 e. The molecule has 1 aromatic carbocycles. The molecule has 0 spiro atoms. The van der Waals surface area contributed by atoms with Crippen LogP contribution in [0.1, 0.15) is 78.7 Å². The third kappa shape index (κ3) is 22.1. The summed E-state index contributed by atoms with van der Waals surface area (Å²) < 4.78 is 0. The number of carbonyl (C=O) groups excluding carboxylic acids is 8. The van der Waals surface area contributed by atoms with E-state index in [9.17, 15) is 63.3 Å². The van der Waals surface area contributed by atoms with Gasteiger partial charge in [0.25, 0.3) is 0 Å². The summed E-state index contributed by atoms with van der Waals surface area (Å²) in [5.41, 5.74) is 17.0. The molecule has 0 fully saturated rings. The first kappa shape index (κ1) is 57.1. The molecule has 0 unspecified atom stereocenters. The molecule has 368 valence electrons. The second-order valence-electron chi connectivity index (χ2n) is 16.4. The van der Waals surface area contributed by atoms with E-state index in [1.807, 2.05) is 13.8 Å². The fourth-order valence-electron chi connectivity index (χ4n) is 6.18. The lowest BCUT2D eigenvalue weighted by atomic mass is 10.00. The lowest BCUT2D eigenvalue weighted by Crippen LogP contribution is -2.61. The van der Waals surface area contributed by atoms with E-state index in [1.54, 1.807) is 44.2 Å². The van der Waals surface area contributed by atoms with Gasteiger partial charge in [-0.2, -0.15) is 0 Å². The number of carboxylic acids is 2. The molecule has 8 atom stereocenters. The van der Waals surface area contributed by atoms with E-state index in [2.05, 4.69) is 42.5 Å². The number of amides is 8. The molecule has 0 aliphatic carbocycles. The summed E-state index contributed by atoms with van der Waals surface area (Å²) in [7, 11) is 0. The van der Waals surface area contributed by atoms with Crippen molar-refractivity contribution in [2.45, 2.75) is 128 Å². The molecule has 66 heavy (non-hydrogen) atoms. The molecule has 25 heteroatoms. The van der Waals surface area contributed by atoms with Gasteiger partial charge in [0.1, 0.15) is 42.3 Å². The molecule has 0 aromatic heterocycles. The fourth-order valence-corrected chi connectivity index (χ4v) is 6.18. The van der Waals surface area contributed by atoms with Crippen molar-refractivity contribution in [2.75, 3.05) is 13.2 Å². The van der Waals surface area contributed by atoms with E-state index < -0.39 is 127 Å². The molecule has 0 aliphatic rings. The topological polar surface area (TPSA) is 430 Å². The van der Waals surface area contributed by atoms with Gasteiger partial charge in [0, 0.05) is 13.0 Å². The second kappa shape index (κ2) is 28.8. The van der Waals surface area contributed by atoms with Crippen LogP contribution in [0, 0.1) is 17.2 Å². The van der Waals surface area contributed by atoms with E-state index >= 15 is 0 Å². The van der Waals surface area contributed by atoms with Crippen molar-refractivity contribution in [1.82, 2.24) is 42.5 Å². The van der Waals surface area contributed by atoms with Gasteiger partial charge < -0.3 is 75.1 Å². The molecule has 0 aliphatic heterocycles. The van der Waals surface area contributed by atoms with E-state index in [0.717, 1.165) is 6.92 Å². The minimum Gasteiger partial charge on any atom is -0.481 e. The number of nitrogens with one attached hydrogen (secondary N) is 9. The Morgan fingerprint density at radius 2 is 1.05 bits per heavy atom. The first-order valence-electron chi connectivity index (χ1n) is 21.2. The van der Waals surface area contributed by atoms with Gasteiger partial charge in [0.15, 0.2) is 5.96 Å². The summed E-state index contributed by atoms with van der Waals surface area (Å²) in [6, 6.07) is -3.87. The number of hydrogen-bond acceptors (Lipinski definition) is 13. The van der Waals surface area contributed by atoms with E-state index in [4.69, 9.17) is 22.6 Å². The Hall–Kier alpha value is -6.89. The van der Waals surface area contributed by atoms with Gasteiger partial charge in [-0.25, -0.2) is 0 Å². The number of benzene rings is 1. The number of aliphatic hydroxyl groups excluding tert-OH is 1. The highest BCUT2D eigenvalue weighted by molar-refractivity contribution is 5.99. The number of carboxylic acid groups (broad SMARTS) is 2. The van der Waals surface area contributed by atoms with Crippen LogP contribution in [0.2, 0.25) is 0 Å². The maximum absolute atomic E-state index is 14.1. The normalized spacial score (nSPS) is 14.6. The zero-order valence-corrected chi connectivity index (χ0v) is 37.7. The lowest BCUT2D eigenvalue weighted by molar-refractivity contribution is -0.143. The number of nitrogens with two attached hydrogens (primary N) is 3. The third-order valence-corrected chi connectivity index (χ3v) is 9.53. The summed E-state index contributed by atoms with van der Waals surface area (Å²) in [5.74, 6) is -11.7. The predicted molar refractivity (Wildman–Crippen MR) is 236 cm³/mol. The van der Waals surface area contributed by atoms with Crippen molar-refractivity contribution in [2.24, 2.45) is 29.0 Å². The lowest BCUT2D eigenvalue weighted by Gasteiger charge is -2.28. The predicted octanol–water partition coefficient (Wildman–Crippen LogP) is -4.25. The number of primary amides is 1. The number of hydrogen-bond donors (Lipinski definition) is 15. The summed E-state index contributed by atoms with van der Waals surface area (Å²) >= 11 is 0. The quantitative estimate of drug-likeness (QED) is 0.0197. The summed E-state index contributed by atoms with van der Waals surface area (Å²) in [4.78, 5) is 129. The van der Waals surface area contributed by atoms with Crippen LogP contribution in [0.3, 0.4) is 0 Å². The molecule has 0 bridgehead atoms. The molecular weight excluding hydrogens is 869 g/mol. The van der Waals surface area contributed by atoms with Crippen LogP contribution in [0.4, 0.5) is 0 Å². The standard InChI is InChI=1S/C41H66N12O13/c1-20(2)14-24(42)33(58)53-30(19-54)39(64)48-25(12-9-13-46-41(44)45)34(59)49-26(15-21(3)4)36(61)50-27(16-23-10-7-6-8-11-23)37(62)52-29(18-32(56)57)38(63)51-28(17-31(43)55)35(60)47-22(5)40(65)66/h6-8,10-11,20-22,24-30,54H,9,12-19,42H2,1-5H3,(H2,43,55)(H,47,60)(H,48,64)(H,49,59)(H,50,61)(H,51,63)(H,52,62)(H,53,58)(H,56,57)(H,65,66)(H4,44,45,46)/t22-,24-,25-,26-,27-,28-,29-,30-/m0/s1. The molecule has 1 rings (SSSR count). The first-order valence-corrected chi connectivity index (χ1v) is 21.2. The first-order chi connectivity index (χ1) is 30.8. The van der Waals surface area contributed by atoms with Crippen molar-refractivity contribution in [3.63, 3.8) is 0 Å². The highest BCUT2D eigenvalue weighted by Crippen LogP contribution is 2.11. The van der Waals surface area contributed by atoms with Gasteiger partial charge in [0.05, 0.1) is 25.5 Å². The number of rotatable bonds is 30. The molecule has 0 heterocycles. The molecule has 8 amide bonds. The van der Waals surface area contributed by atoms with Gasteiger partial charge in [-0.1, -0.05) is 58.0 Å². The second-order valence-corrected chi connectivity index (χ2v) is 16.4. The number of aliphatic carboxylic acids is 2. The highest BCUT2D eigenvalue weighted by Gasteiger charge is 2.35. The maximum Gasteiger partial charge on any atom is 0.325 e. The van der Waals surface area contributed by atoms with Crippen LogP contribution in [0.15, 0.2) is 30.3 Å². The Kier molecular flexibility index (Phi) is 24.9. The van der Waals surface area contributed by atoms with Crippen molar-refractivity contribution in [3.8, 4) is 0 Å². The molecule has 0 saturated heterocycles. The van der Waals surface area contributed by atoms with Crippen molar-refractivity contribution in [1.29, 1.82) is 5.41 Å². The summed E-state index contributed by atoms with van der Waals surface area (Å²) in [5, 5.41) is 55.3. The average Bonchev–Trinajstić information content (AvgIpc) is 3.21. The molecule has 0 radical (unpaired) electrons.